The van der Waals surface area contributed by atoms with Crippen molar-refractivity contribution >= 4 is 16.9 Å². The molecule has 140 valence electrons. The fraction of sp³-hybridized carbons (Fsp3) is 0.273. The zero-order valence-corrected chi connectivity index (χ0v) is 15.5. The number of ether oxygens (including phenoxy) is 1. The highest BCUT2D eigenvalue weighted by molar-refractivity contribution is 5.93. The molecule has 3 rings (SSSR count). The standard InChI is InChI=1S/C22H23NO4/c1-15(2)10-11-23-21(24)14-26-17-8-9-18-19(16-6-4-3-5-7-16)13-22(25)27-20(18)12-17/h3-9,12-13,15H,10-11,14H2,1-2H3,(H,23,24). The average Bonchev–Trinajstić information content (AvgIpc) is 2.65. The van der Waals surface area contributed by atoms with E-state index in [1.54, 1.807) is 12.1 Å². The van der Waals surface area contributed by atoms with E-state index < -0.39 is 5.63 Å². The van der Waals surface area contributed by atoms with Gasteiger partial charge in [0.25, 0.3) is 5.91 Å². The van der Waals surface area contributed by atoms with Gasteiger partial charge in [-0.1, -0.05) is 44.2 Å². The SMILES string of the molecule is CC(C)CCNC(=O)COc1ccc2c(-c3ccccc3)cc(=O)oc2c1. The van der Waals surface area contributed by atoms with Crippen LogP contribution in [0.15, 0.2) is 63.8 Å². The van der Waals surface area contributed by atoms with E-state index in [0.29, 0.717) is 23.8 Å². The van der Waals surface area contributed by atoms with E-state index in [4.69, 9.17) is 9.15 Å². The minimum Gasteiger partial charge on any atom is -0.484 e. The van der Waals surface area contributed by atoms with Gasteiger partial charge in [-0.05, 0) is 35.6 Å². The van der Waals surface area contributed by atoms with Crippen molar-refractivity contribution in [1.82, 2.24) is 5.32 Å². The summed E-state index contributed by atoms with van der Waals surface area (Å²) >= 11 is 0. The third kappa shape index (κ3) is 4.97. The van der Waals surface area contributed by atoms with Crippen LogP contribution in [-0.2, 0) is 4.79 Å². The van der Waals surface area contributed by atoms with Crippen molar-refractivity contribution in [1.29, 1.82) is 0 Å². The predicted octanol–water partition coefficient (Wildman–Crippen LogP) is 4.00. The lowest BCUT2D eigenvalue weighted by Gasteiger charge is -2.10. The lowest BCUT2D eigenvalue weighted by molar-refractivity contribution is -0.123. The molecule has 2 aromatic carbocycles. The molecule has 0 saturated heterocycles. The van der Waals surface area contributed by atoms with Crippen molar-refractivity contribution < 1.29 is 13.9 Å². The molecule has 5 nitrogen and oxygen atoms in total. The maximum absolute atomic E-state index is 12.0. The fourth-order valence-electron chi connectivity index (χ4n) is 2.79. The smallest absolute Gasteiger partial charge is 0.336 e. The summed E-state index contributed by atoms with van der Waals surface area (Å²) < 4.78 is 10.9. The number of amides is 1. The summed E-state index contributed by atoms with van der Waals surface area (Å²) in [6.45, 7) is 4.77. The van der Waals surface area contributed by atoms with Crippen LogP contribution in [0.3, 0.4) is 0 Å². The van der Waals surface area contributed by atoms with Crippen molar-refractivity contribution in [3.05, 3.63) is 65.0 Å². The van der Waals surface area contributed by atoms with Crippen LogP contribution in [-0.4, -0.2) is 19.1 Å². The normalized spacial score (nSPS) is 10.9. The average molecular weight is 365 g/mol. The van der Waals surface area contributed by atoms with Crippen LogP contribution < -0.4 is 15.7 Å². The second-order valence-corrected chi connectivity index (χ2v) is 6.82. The molecular weight excluding hydrogens is 342 g/mol. The first-order chi connectivity index (χ1) is 13.0. The van der Waals surface area contributed by atoms with Gasteiger partial charge in [-0.15, -0.1) is 0 Å². The van der Waals surface area contributed by atoms with Gasteiger partial charge in [0.15, 0.2) is 6.61 Å². The van der Waals surface area contributed by atoms with E-state index in [1.807, 2.05) is 36.4 Å². The van der Waals surface area contributed by atoms with E-state index in [0.717, 1.165) is 22.9 Å². The van der Waals surface area contributed by atoms with E-state index in [1.165, 1.54) is 6.07 Å². The Labute approximate surface area is 158 Å². The first-order valence-corrected chi connectivity index (χ1v) is 9.06. The van der Waals surface area contributed by atoms with Crippen LogP contribution in [0.5, 0.6) is 5.75 Å². The summed E-state index contributed by atoms with van der Waals surface area (Å²) in [6, 6.07) is 16.4. The van der Waals surface area contributed by atoms with Gasteiger partial charge >= 0.3 is 5.63 Å². The second-order valence-electron chi connectivity index (χ2n) is 6.82. The maximum atomic E-state index is 12.0. The molecule has 0 atom stereocenters. The minimum absolute atomic E-state index is 0.0772. The maximum Gasteiger partial charge on any atom is 0.336 e. The molecule has 0 unspecified atom stereocenters. The molecule has 0 aliphatic rings. The van der Waals surface area contributed by atoms with Crippen LogP contribution in [0.4, 0.5) is 0 Å². The Morgan fingerprint density at radius 1 is 1.11 bits per heavy atom. The van der Waals surface area contributed by atoms with Crippen molar-refractivity contribution in [2.75, 3.05) is 13.2 Å². The predicted molar refractivity (Wildman–Crippen MR) is 106 cm³/mol. The van der Waals surface area contributed by atoms with E-state index in [-0.39, 0.29) is 12.5 Å². The number of hydrogen-bond donors (Lipinski definition) is 1. The molecule has 0 saturated carbocycles. The Morgan fingerprint density at radius 2 is 1.89 bits per heavy atom. The van der Waals surface area contributed by atoms with Gasteiger partial charge in [0.1, 0.15) is 11.3 Å². The third-order valence-electron chi connectivity index (χ3n) is 4.21. The number of hydrogen-bond acceptors (Lipinski definition) is 4. The number of carbonyl (C=O) groups excluding carboxylic acids is 1. The first kappa shape index (κ1) is 18.7. The highest BCUT2D eigenvalue weighted by Crippen LogP contribution is 2.29. The van der Waals surface area contributed by atoms with Crippen molar-refractivity contribution in [3.8, 4) is 16.9 Å². The van der Waals surface area contributed by atoms with E-state index in [9.17, 15) is 9.59 Å². The minimum atomic E-state index is -0.426. The van der Waals surface area contributed by atoms with Crippen LogP contribution >= 0.6 is 0 Å². The molecule has 1 aromatic heterocycles. The summed E-state index contributed by atoms with van der Waals surface area (Å²) in [5, 5.41) is 3.64. The van der Waals surface area contributed by atoms with Crippen molar-refractivity contribution in [2.45, 2.75) is 20.3 Å². The Kier molecular flexibility index (Phi) is 5.91. The largest absolute Gasteiger partial charge is 0.484 e. The van der Waals surface area contributed by atoms with E-state index in [2.05, 4.69) is 19.2 Å². The van der Waals surface area contributed by atoms with Gasteiger partial charge in [0.2, 0.25) is 0 Å². The highest BCUT2D eigenvalue weighted by atomic mass is 16.5. The highest BCUT2D eigenvalue weighted by Gasteiger charge is 2.10. The summed E-state index contributed by atoms with van der Waals surface area (Å²) in [6.07, 6.45) is 0.926. The Morgan fingerprint density at radius 3 is 2.63 bits per heavy atom. The van der Waals surface area contributed by atoms with Gasteiger partial charge < -0.3 is 14.5 Å². The zero-order valence-electron chi connectivity index (χ0n) is 15.5. The van der Waals surface area contributed by atoms with Gasteiger partial charge in [0, 0.05) is 24.1 Å². The molecule has 1 heterocycles. The Hall–Kier alpha value is -3.08. The molecule has 0 bridgehead atoms. The van der Waals surface area contributed by atoms with Crippen molar-refractivity contribution in [3.63, 3.8) is 0 Å². The van der Waals surface area contributed by atoms with Gasteiger partial charge in [0.05, 0.1) is 0 Å². The monoisotopic (exact) mass is 365 g/mol. The number of fused-ring (bicyclic) bond motifs is 1. The first-order valence-electron chi connectivity index (χ1n) is 9.06. The molecule has 0 radical (unpaired) electrons. The van der Waals surface area contributed by atoms with Gasteiger partial charge in [-0.3, -0.25) is 4.79 Å². The molecule has 1 N–H and O–H groups in total. The van der Waals surface area contributed by atoms with Crippen LogP contribution in [0, 0.1) is 5.92 Å². The number of carbonyl (C=O) groups is 1. The number of nitrogens with one attached hydrogen (secondary N) is 1. The lowest BCUT2D eigenvalue weighted by atomic mass is 10.0. The summed E-state index contributed by atoms with van der Waals surface area (Å²) in [7, 11) is 0. The lowest BCUT2D eigenvalue weighted by Crippen LogP contribution is -2.30. The molecule has 5 heteroatoms. The molecule has 0 spiro atoms. The molecule has 1 amide bonds. The molecule has 27 heavy (non-hydrogen) atoms. The molecule has 0 fully saturated rings. The van der Waals surface area contributed by atoms with Crippen LogP contribution in [0.25, 0.3) is 22.1 Å². The van der Waals surface area contributed by atoms with Crippen LogP contribution in [0.1, 0.15) is 20.3 Å². The van der Waals surface area contributed by atoms with Crippen molar-refractivity contribution in [2.24, 2.45) is 5.92 Å². The number of benzene rings is 2. The Balaban J connectivity index is 1.76. The summed E-state index contributed by atoms with van der Waals surface area (Å²) in [4.78, 5) is 23.8. The molecule has 0 aliphatic heterocycles. The molecular formula is C22H23NO4. The molecule has 3 aromatic rings. The summed E-state index contributed by atoms with van der Waals surface area (Å²) in [5.74, 6) is 0.846. The molecule has 0 aliphatic carbocycles. The quantitative estimate of drug-likeness (QED) is 0.643. The fourth-order valence-corrected chi connectivity index (χ4v) is 2.79. The number of rotatable bonds is 7. The zero-order chi connectivity index (χ0) is 19.2. The topological polar surface area (TPSA) is 68.5 Å². The Bertz CT molecular complexity index is 977. The van der Waals surface area contributed by atoms with Gasteiger partial charge in [-0.25, -0.2) is 4.79 Å². The van der Waals surface area contributed by atoms with E-state index >= 15 is 0 Å². The second kappa shape index (κ2) is 8.54. The van der Waals surface area contributed by atoms with Gasteiger partial charge in [-0.2, -0.15) is 0 Å². The summed E-state index contributed by atoms with van der Waals surface area (Å²) in [5.41, 5.74) is 1.75. The third-order valence-corrected chi connectivity index (χ3v) is 4.21. The van der Waals surface area contributed by atoms with Crippen LogP contribution in [0.2, 0.25) is 0 Å².